The van der Waals surface area contributed by atoms with Crippen LogP contribution < -0.4 is 5.32 Å². The molecule has 0 saturated carbocycles. The number of aromatic nitrogens is 2. The Labute approximate surface area is 164 Å². The number of furan rings is 1. The molecule has 1 N–H and O–H groups in total. The number of carbonyl (C=O) groups excluding carboxylic acids is 1. The smallest absolute Gasteiger partial charge is 0.308 e. The average molecular weight is 382 g/mol. The molecule has 0 atom stereocenters. The molecule has 3 heterocycles. The molecule has 0 bridgehead atoms. The van der Waals surface area contributed by atoms with Crippen LogP contribution in [0.3, 0.4) is 0 Å². The van der Waals surface area contributed by atoms with Gasteiger partial charge in [0.15, 0.2) is 5.76 Å². The van der Waals surface area contributed by atoms with E-state index in [4.69, 9.17) is 8.83 Å². The molecule has 1 fully saturated rings. The molecule has 2 aromatic heterocycles. The second kappa shape index (κ2) is 8.14. The quantitative estimate of drug-likeness (QED) is 0.724. The maximum Gasteiger partial charge on any atom is 0.308 e. The Morgan fingerprint density at radius 3 is 2.64 bits per heavy atom. The van der Waals surface area contributed by atoms with E-state index in [0.29, 0.717) is 12.3 Å². The Morgan fingerprint density at radius 1 is 1.11 bits per heavy atom. The highest BCUT2D eigenvalue weighted by Gasteiger charge is 2.21. The van der Waals surface area contributed by atoms with Gasteiger partial charge >= 0.3 is 11.8 Å². The minimum absolute atomic E-state index is 0.0394. The summed E-state index contributed by atoms with van der Waals surface area (Å²) in [6.45, 7) is 7.56. The Kier molecular flexibility index (Phi) is 5.43. The van der Waals surface area contributed by atoms with E-state index in [0.717, 1.165) is 41.7 Å². The third kappa shape index (κ3) is 3.80. The second-order valence-corrected chi connectivity index (χ2v) is 7.43. The molecule has 28 heavy (non-hydrogen) atoms. The summed E-state index contributed by atoms with van der Waals surface area (Å²) in [5.74, 6) is 0.354. The number of hydrogen-bond donors (Lipinski definition) is 1. The van der Waals surface area contributed by atoms with Crippen molar-refractivity contribution in [3.8, 4) is 11.7 Å². The Morgan fingerprint density at radius 2 is 1.89 bits per heavy atom. The van der Waals surface area contributed by atoms with Gasteiger partial charge in [0.2, 0.25) is 0 Å². The third-order valence-corrected chi connectivity index (χ3v) is 5.39. The van der Waals surface area contributed by atoms with Gasteiger partial charge in [0.05, 0.1) is 0 Å². The van der Waals surface area contributed by atoms with Gasteiger partial charge in [-0.2, -0.15) is 0 Å². The molecular formula is C21H26N4O3. The summed E-state index contributed by atoms with van der Waals surface area (Å²) in [5, 5.41) is 11.8. The lowest BCUT2D eigenvalue weighted by Gasteiger charge is -2.19. The van der Waals surface area contributed by atoms with Gasteiger partial charge in [-0.1, -0.05) is 31.0 Å². The molecule has 1 aliphatic heterocycles. The number of nitrogens with one attached hydrogen (secondary N) is 1. The maximum absolute atomic E-state index is 12.4. The van der Waals surface area contributed by atoms with Gasteiger partial charge in [-0.15, -0.1) is 10.2 Å². The number of nitrogens with zero attached hydrogens (tertiary/aromatic N) is 3. The van der Waals surface area contributed by atoms with Crippen molar-refractivity contribution >= 4 is 16.9 Å². The maximum atomic E-state index is 12.4. The number of benzene rings is 1. The van der Waals surface area contributed by atoms with Gasteiger partial charge in [-0.3, -0.25) is 4.79 Å². The Hall–Kier alpha value is -2.67. The average Bonchev–Trinajstić information content (AvgIpc) is 3.21. The van der Waals surface area contributed by atoms with Crippen LogP contribution in [-0.2, 0) is 0 Å². The molecule has 7 heteroatoms. The second-order valence-electron chi connectivity index (χ2n) is 7.43. The van der Waals surface area contributed by atoms with E-state index in [-0.39, 0.29) is 17.7 Å². The van der Waals surface area contributed by atoms with E-state index >= 15 is 0 Å². The molecule has 1 saturated heterocycles. The van der Waals surface area contributed by atoms with Crippen molar-refractivity contribution in [2.45, 2.75) is 39.5 Å². The fourth-order valence-electron chi connectivity index (χ4n) is 3.76. The number of likely N-dealkylation sites (tertiary alicyclic amines) is 1. The monoisotopic (exact) mass is 382 g/mol. The molecule has 7 nitrogen and oxygen atoms in total. The number of fused-ring (bicyclic) bond motifs is 1. The highest BCUT2D eigenvalue weighted by molar-refractivity contribution is 5.90. The number of aryl methyl sites for hydroxylation is 2. The van der Waals surface area contributed by atoms with Crippen LogP contribution in [0.4, 0.5) is 0 Å². The minimum atomic E-state index is -0.349. The largest absolute Gasteiger partial charge is 0.450 e. The van der Waals surface area contributed by atoms with Gasteiger partial charge in [-0.25, -0.2) is 0 Å². The molecule has 0 unspecified atom stereocenters. The highest BCUT2D eigenvalue weighted by Crippen LogP contribution is 2.33. The van der Waals surface area contributed by atoms with Crippen molar-refractivity contribution in [2.24, 2.45) is 0 Å². The lowest BCUT2D eigenvalue weighted by molar-refractivity contribution is 0.0914. The first kappa shape index (κ1) is 18.7. The van der Waals surface area contributed by atoms with Gasteiger partial charge in [0.1, 0.15) is 5.58 Å². The number of carbonyl (C=O) groups is 1. The summed E-state index contributed by atoms with van der Waals surface area (Å²) in [5.41, 5.74) is 2.77. The molecule has 0 radical (unpaired) electrons. The van der Waals surface area contributed by atoms with Crippen LogP contribution in [-0.4, -0.2) is 47.2 Å². The van der Waals surface area contributed by atoms with Crippen molar-refractivity contribution in [1.29, 1.82) is 0 Å². The van der Waals surface area contributed by atoms with Gasteiger partial charge in [0, 0.05) is 24.0 Å². The van der Waals surface area contributed by atoms with E-state index in [9.17, 15) is 4.79 Å². The topological polar surface area (TPSA) is 84.4 Å². The Bertz CT molecular complexity index is 967. The molecule has 148 valence electrons. The summed E-state index contributed by atoms with van der Waals surface area (Å²) in [7, 11) is 0. The number of rotatable bonds is 5. The van der Waals surface area contributed by atoms with Crippen LogP contribution >= 0.6 is 0 Å². The van der Waals surface area contributed by atoms with Crippen LogP contribution in [0.15, 0.2) is 27.0 Å². The van der Waals surface area contributed by atoms with Crippen LogP contribution in [0.2, 0.25) is 0 Å². The van der Waals surface area contributed by atoms with Crippen molar-refractivity contribution < 1.29 is 13.6 Å². The lowest BCUT2D eigenvalue weighted by atomic mass is 10.1. The predicted octanol–water partition coefficient (Wildman–Crippen LogP) is 3.71. The summed E-state index contributed by atoms with van der Waals surface area (Å²) in [6.07, 6.45) is 5.07. The van der Waals surface area contributed by atoms with Crippen LogP contribution in [0.1, 0.15) is 47.5 Å². The van der Waals surface area contributed by atoms with Crippen molar-refractivity contribution in [1.82, 2.24) is 20.4 Å². The molecule has 1 aliphatic rings. The van der Waals surface area contributed by atoms with Crippen LogP contribution in [0.5, 0.6) is 0 Å². The van der Waals surface area contributed by atoms with Crippen LogP contribution in [0, 0.1) is 13.8 Å². The van der Waals surface area contributed by atoms with E-state index in [1.165, 1.54) is 25.7 Å². The zero-order chi connectivity index (χ0) is 19.5. The van der Waals surface area contributed by atoms with E-state index in [1.54, 1.807) is 0 Å². The van der Waals surface area contributed by atoms with Gasteiger partial charge in [-0.05, 0) is 45.3 Å². The fraction of sp³-hybridized carbons (Fsp3) is 0.476. The molecular weight excluding hydrogens is 356 g/mol. The van der Waals surface area contributed by atoms with Gasteiger partial charge < -0.3 is 19.1 Å². The standard InChI is InChI=1S/C21H26N4O3/c1-14-8-7-9-16-15(2)18(27-17(14)16)20-23-24-21(28-20)19(26)22-10-13-25-11-5-3-4-6-12-25/h7-9H,3-6,10-13H2,1-2H3,(H,22,26). The van der Waals surface area contributed by atoms with Crippen molar-refractivity contribution in [3.05, 3.63) is 35.2 Å². The van der Waals surface area contributed by atoms with Gasteiger partial charge in [0.25, 0.3) is 5.89 Å². The van der Waals surface area contributed by atoms with E-state index < -0.39 is 0 Å². The van der Waals surface area contributed by atoms with E-state index in [2.05, 4.69) is 20.4 Å². The third-order valence-electron chi connectivity index (χ3n) is 5.39. The van der Waals surface area contributed by atoms with Crippen molar-refractivity contribution in [2.75, 3.05) is 26.2 Å². The summed E-state index contributed by atoms with van der Waals surface area (Å²) in [4.78, 5) is 14.7. The number of para-hydroxylation sites is 1. The highest BCUT2D eigenvalue weighted by atomic mass is 16.4. The van der Waals surface area contributed by atoms with Crippen LogP contribution in [0.25, 0.3) is 22.6 Å². The first-order chi connectivity index (χ1) is 13.6. The zero-order valence-corrected chi connectivity index (χ0v) is 16.5. The first-order valence-corrected chi connectivity index (χ1v) is 9.96. The van der Waals surface area contributed by atoms with Crippen molar-refractivity contribution in [3.63, 3.8) is 0 Å². The lowest BCUT2D eigenvalue weighted by Crippen LogP contribution is -2.35. The summed E-state index contributed by atoms with van der Waals surface area (Å²) in [6, 6.07) is 5.98. The molecule has 0 spiro atoms. The molecule has 0 aliphatic carbocycles. The van der Waals surface area contributed by atoms with E-state index in [1.807, 2.05) is 32.0 Å². The molecule has 1 aromatic carbocycles. The molecule has 4 rings (SSSR count). The predicted molar refractivity (Wildman–Crippen MR) is 106 cm³/mol. The summed E-state index contributed by atoms with van der Waals surface area (Å²) >= 11 is 0. The molecule has 1 amide bonds. The Balaban J connectivity index is 1.42. The SMILES string of the molecule is Cc1c(-c2nnc(C(=O)NCCN3CCCCCC3)o2)oc2c(C)cccc12. The number of amides is 1. The summed E-state index contributed by atoms with van der Waals surface area (Å²) < 4.78 is 11.5. The molecule has 3 aromatic rings. The zero-order valence-electron chi connectivity index (χ0n) is 16.5. The number of hydrogen-bond acceptors (Lipinski definition) is 6. The minimum Gasteiger partial charge on any atom is -0.450 e. The fourth-order valence-corrected chi connectivity index (χ4v) is 3.76. The first-order valence-electron chi connectivity index (χ1n) is 9.96. The normalized spacial score (nSPS) is 15.6.